The Kier molecular flexibility index (Phi) is 5.02. The van der Waals surface area contributed by atoms with Crippen molar-refractivity contribution in [3.05, 3.63) is 28.7 Å². The van der Waals surface area contributed by atoms with Gasteiger partial charge in [0.1, 0.15) is 5.75 Å². The molecule has 2 heteroatoms. The lowest BCUT2D eigenvalue weighted by Crippen LogP contribution is -2.14. The van der Waals surface area contributed by atoms with E-state index in [1.165, 1.54) is 6.42 Å². The van der Waals surface area contributed by atoms with Crippen LogP contribution in [-0.4, -0.2) is 6.10 Å². The van der Waals surface area contributed by atoms with Crippen molar-refractivity contribution in [2.45, 2.75) is 39.2 Å². The SMILES string of the molecule is CCCC(CC)Oc1ccc(Br)cc1. The smallest absolute Gasteiger partial charge is 0.119 e. The lowest BCUT2D eigenvalue weighted by Gasteiger charge is -2.16. The first-order valence-electron chi connectivity index (χ1n) is 5.18. The molecule has 0 saturated carbocycles. The molecule has 1 aromatic carbocycles. The van der Waals surface area contributed by atoms with Crippen LogP contribution in [-0.2, 0) is 0 Å². The number of benzene rings is 1. The Labute approximate surface area is 94.6 Å². The summed E-state index contributed by atoms with van der Waals surface area (Å²) in [4.78, 5) is 0. The van der Waals surface area contributed by atoms with Gasteiger partial charge in [0.2, 0.25) is 0 Å². The molecule has 0 bridgehead atoms. The van der Waals surface area contributed by atoms with E-state index in [1.54, 1.807) is 0 Å². The van der Waals surface area contributed by atoms with Crippen molar-refractivity contribution in [3.63, 3.8) is 0 Å². The minimum absolute atomic E-state index is 0.362. The summed E-state index contributed by atoms with van der Waals surface area (Å²) >= 11 is 3.40. The quantitative estimate of drug-likeness (QED) is 0.759. The highest BCUT2D eigenvalue weighted by Crippen LogP contribution is 2.19. The zero-order valence-corrected chi connectivity index (χ0v) is 10.4. The third-order valence-electron chi connectivity index (χ3n) is 2.18. The van der Waals surface area contributed by atoms with Crippen LogP contribution in [0, 0.1) is 0 Å². The molecular weight excluding hydrogens is 240 g/mol. The second-order valence-electron chi connectivity index (χ2n) is 3.39. The second-order valence-corrected chi connectivity index (χ2v) is 4.31. The molecule has 0 aliphatic rings. The average Bonchev–Trinajstić information content (AvgIpc) is 2.20. The van der Waals surface area contributed by atoms with Crippen LogP contribution < -0.4 is 4.74 Å². The molecule has 0 aromatic heterocycles. The Morgan fingerprint density at radius 1 is 1.21 bits per heavy atom. The fourth-order valence-corrected chi connectivity index (χ4v) is 1.64. The molecule has 0 fully saturated rings. The van der Waals surface area contributed by atoms with Crippen molar-refractivity contribution in [2.75, 3.05) is 0 Å². The van der Waals surface area contributed by atoms with Crippen LogP contribution in [0.2, 0.25) is 0 Å². The van der Waals surface area contributed by atoms with E-state index in [0.717, 1.165) is 23.1 Å². The molecular formula is C12H17BrO. The van der Waals surface area contributed by atoms with E-state index in [1.807, 2.05) is 24.3 Å². The van der Waals surface area contributed by atoms with Gasteiger partial charge in [-0.25, -0.2) is 0 Å². The molecule has 0 N–H and O–H groups in total. The van der Waals surface area contributed by atoms with E-state index in [4.69, 9.17) is 4.74 Å². The van der Waals surface area contributed by atoms with Gasteiger partial charge in [0.25, 0.3) is 0 Å². The molecule has 0 spiro atoms. The molecule has 0 amide bonds. The summed E-state index contributed by atoms with van der Waals surface area (Å²) in [5.41, 5.74) is 0. The van der Waals surface area contributed by atoms with Gasteiger partial charge >= 0.3 is 0 Å². The number of halogens is 1. The van der Waals surface area contributed by atoms with Crippen molar-refractivity contribution in [3.8, 4) is 5.75 Å². The summed E-state index contributed by atoms with van der Waals surface area (Å²) in [6.07, 6.45) is 3.74. The lowest BCUT2D eigenvalue weighted by atomic mass is 10.1. The fraction of sp³-hybridized carbons (Fsp3) is 0.500. The van der Waals surface area contributed by atoms with Gasteiger partial charge in [0.05, 0.1) is 6.10 Å². The number of hydrogen-bond acceptors (Lipinski definition) is 1. The maximum Gasteiger partial charge on any atom is 0.119 e. The molecule has 0 saturated heterocycles. The average molecular weight is 257 g/mol. The third kappa shape index (κ3) is 3.70. The van der Waals surface area contributed by atoms with Crippen molar-refractivity contribution >= 4 is 15.9 Å². The van der Waals surface area contributed by atoms with Crippen LogP contribution >= 0.6 is 15.9 Å². The predicted octanol–water partition coefficient (Wildman–Crippen LogP) is 4.41. The molecule has 0 aliphatic carbocycles. The van der Waals surface area contributed by atoms with Gasteiger partial charge in [-0.1, -0.05) is 36.2 Å². The highest BCUT2D eigenvalue weighted by atomic mass is 79.9. The van der Waals surface area contributed by atoms with Crippen molar-refractivity contribution < 1.29 is 4.74 Å². The van der Waals surface area contributed by atoms with Crippen LogP contribution in [0.25, 0.3) is 0 Å². The first kappa shape index (κ1) is 11.6. The Bertz CT molecular complexity index is 256. The summed E-state index contributed by atoms with van der Waals surface area (Å²) in [6.45, 7) is 4.35. The number of rotatable bonds is 5. The van der Waals surface area contributed by atoms with Gasteiger partial charge in [-0.05, 0) is 37.1 Å². The summed E-state index contributed by atoms with van der Waals surface area (Å²) in [5.74, 6) is 0.966. The summed E-state index contributed by atoms with van der Waals surface area (Å²) in [7, 11) is 0. The molecule has 1 rings (SSSR count). The molecule has 1 atom stereocenters. The minimum atomic E-state index is 0.362. The van der Waals surface area contributed by atoms with Gasteiger partial charge in [-0.3, -0.25) is 0 Å². The van der Waals surface area contributed by atoms with E-state index in [9.17, 15) is 0 Å². The molecule has 0 aliphatic heterocycles. The van der Waals surface area contributed by atoms with E-state index >= 15 is 0 Å². The maximum absolute atomic E-state index is 5.84. The lowest BCUT2D eigenvalue weighted by molar-refractivity contribution is 0.185. The van der Waals surface area contributed by atoms with Crippen LogP contribution in [0.4, 0.5) is 0 Å². The van der Waals surface area contributed by atoms with Gasteiger partial charge in [0, 0.05) is 4.47 Å². The Morgan fingerprint density at radius 2 is 1.86 bits per heavy atom. The molecule has 0 radical (unpaired) electrons. The van der Waals surface area contributed by atoms with Crippen LogP contribution in [0.5, 0.6) is 5.75 Å². The zero-order chi connectivity index (χ0) is 10.4. The van der Waals surface area contributed by atoms with Gasteiger partial charge in [-0.2, -0.15) is 0 Å². The normalized spacial score (nSPS) is 12.5. The predicted molar refractivity (Wildman–Crippen MR) is 63.8 cm³/mol. The Balaban J connectivity index is 2.53. The third-order valence-corrected chi connectivity index (χ3v) is 2.71. The molecule has 78 valence electrons. The summed E-state index contributed by atoms with van der Waals surface area (Å²) in [5, 5.41) is 0. The van der Waals surface area contributed by atoms with Crippen molar-refractivity contribution in [2.24, 2.45) is 0 Å². The topological polar surface area (TPSA) is 9.23 Å². The maximum atomic E-state index is 5.84. The van der Waals surface area contributed by atoms with E-state index < -0.39 is 0 Å². The summed E-state index contributed by atoms with van der Waals surface area (Å²) < 4.78 is 6.93. The van der Waals surface area contributed by atoms with Crippen LogP contribution in [0.15, 0.2) is 28.7 Å². The number of hydrogen-bond donors (Lipinski definition) is 0. The van der Waals surface area contributed by atoms with Gasteiger partial charge in [0.15, 0.2) is 0 Å². The highest BCUT2D eigenvalue weighted by Gasteiger charge is 2.05. The molecule has 1 aromatic rings. The molecule has 14 heavy (non-hydrogen) atoms. The van der Waals surface area contributed by atoms with E-state index in [0.29, 0.717) is 6.10 Å². The largest absolute Gasteiger partial charge is 0.490 e. The highest BCUT2D eigenvalue weighted by molar-refractivity contribution is 9.10. The molecule has 1 nitrogen and oxygen atoms in total. The Morgan fingerprint density at radius 3 is 2.36 bits per heavy atom. The van der Waals surface area contributed by atoms with Crippen LogP contribution in [0.3, 0.4) is 0 Å². The van der Waals surface area contributed by atoms with E-state index in [2.05, 4.69) is 29.8 Å². The zero-order valence-electron chi connectivity index (χ0n) is 8.79. The van der Waals surface area contributed by atoms with E-state index in [-0.39, 0.29) is 0 Å². The van der Waals surface area contributed by atoms with Crippen LogP contribution in [0.1, 0.15) is 33.1 Å². The van der Waals surface area contributed by atoms with Crippen molar-refractivity contribution in [1.29, 1.82) is 0 Å². The minimum Gasteiger partial charge on any atom is -0.490 e. The van der Waals surface area contributed by atoms with Crippen molar-refractivity contribution in [1.82, 2.24) is 0 Å². The van der Waals surface area contributed by atoms with Gasteiger partial charge < -0.3 is 4.74 Å². The first-order valence-corrected chi connectivity index (χ1v) is 5.97. The molecule has 1 unspecified atom stereocenters. The monoisotopic (exact) mass is 256 g/mol. The first-order chi connectivity index (χ1) is 6.76. The number of ether oxygens (including phenoxy) is 1. The second kappa shape index (κ2) is 6.07. The fourth-order valence-electron chi connectivity index (χ4n) is 1.37. The van der Waals surface area contributed by atoms with Gasteiger partial charge in [-0.15, -0.1) is 0 Å². The Hall–Kier alpha value is -0.500. The summed E-state index contributed by atoms with van der Waals surface area (Å²) in [6, 6.07) is 8.02. The standard InChI is InChI=1S/C12H17BrO/c1-3-5-11(4-2)14-12-8-6-10(13)7-9-12/h6-9,11H,3-5H2,1-2H3. The molecule has 0 heterocycles.